The molecule has 0 aliphatic rings. The van der Waals surface area contributed by atoms with Crippen molar-refractivity contribution in [2.45, 2.75) is 20.8 Å². The Morgan fingerprint density at radius 3 is 2.62 bits per heavy atom. The lowest BCUT2D eigenvalue weighted by Gasteiger charge is -2.12. The molecule has 0 radical (unpaired) electrons. The number of halogens is 1. The van der Waals surface area contributed by atoms with Gasteiger partial charge in [0.1, 0.15) is 11.6 Å². The Morgan fingerprint density at radius 2 is 2.00 bits per heavy atom. The van der Waals surface area contributed by atoms with Crippen LogP contribution in [0.25, 0.3) is 0 Å². The second kappa shape index (κ2) is 6.35. The first-order chi connectivity index (χ1) is 9.95. The van der Waals surface area contributed by atoms with Crippen LogP contribution in [0.4, 0.5) is 21.6 Å². The maximum Gasteiger partial charge on any atom is 0.228 e. The van der Waals surface area contributed by atoms with E-state index in [0.29, 0.717) is 11.5 Å². The molecule has 0 aliphatic heterocycles. The van der Waals surface area contributed by atoms with E-state index in [9.17, 15) is 9.18 Å². The number of pyridine rings is 1. The fraction of sp³-hybridized carbons (Fsp3) is 0.250. The van der Waals surface area contributed by atoms with Crippen molar-refractivity contribution < 1.29 is 9.18 Å². The van der Waals surface area contributed by atoms with E-state index in [1.807, 2.05) is 26.8 Å². The number of rotatable bonds is 4. The second-order valence-electron chi connectivity index (χ2n) is 5.11. The van der Waals surface area contributed by atoms with Gasteiger partial charge in [0.15, 0.2) is 0 Å². The molecule has 2 aromatic rings. The van der Waals surface area contributed by atoms with Crippen molar-refractivity contribution in [2.24, 2.45) is 5.92 Å². The van der Waals surface area contributed by atoms with Crippen LogP contribution < -0.4 is 10.6 Å². The average Bonchev–Trinajstić information content (AvgIpc) is 2.42. The van der Waals surface area contributed by atoms with Gasteiger partial charge >= 0.3 is 0 Å². The van der Waals surface area contributed by atoms with Crippen LogP contribution >= 0.6 is 0 Å². The Balaban J connectivity index is 2.14. The summed E-state index contributed by atoms with van der Waals surface area (Å²) in [5.41, 5.74) is 2.14. The molecule has 0 bridgehead atoms. The molecule has 0 atom stereocenters. The summed E-state index contributed by atoms with van der Waals surface area (Å²) < 4.78 is 13.2. The van der Waals surface area contributed by atoms with Crippen molar-refractivity contribution in [3.05, 3.63) is 47.9 Å². The van der Waals surface area contributed by atoms with Gasteiger partial charge in [-0.25, -0.2) is 9.37 Å². The highest BCUT2D eigenvalue weighted by molar-refractivity contribution is 5.91. The highest BCUT2D eigenvalue weighted by atomic mass is 19.1. The van der Waals surface area contributed by atoms with Crippen molar-refractivity contribution in [3.8, 4) is 0 Å². The van der Waals surface area contributed by atoms with Crippen LogP contribution in [0.15, 0.2) is 36.4 Å². The van der Waals surface area contributed by atoms with Crippen LogP contribution in [-0.4, -0.2) is 10.9 Å². The number of anilines is 3. The Bertz CT molecular complexity index is 656. The van der Waals surface area contributed by atoms with Crippen LogP contribution in [0.5, 0.6) is 0 Å². The van der Waals surface area contributed by atoms with E-state index < -0.39 is 0 Å². The lowest BCUT2D eigenvalue weighted by atomic mass is 10.2. The van der Waals surface area contributed by atoms with Crippen molar-refractivity contribution in [1.82, 2.24) is 4.98 Å². The SMILES string of the molecule is Cc1nc(NC(=O)C(C)C)ccc1Nc1cccc(F)c1. The molecule has 2 rings (SSSR count). The average molecular weight is 287 g/mol. The Kier molecular flexibility index (Phi) is 4.52. The van der Waals surface area contributed by atoms with Crippen molar-refractivity contribution in [2.75, 3.05) is 10.6 Å². The molecule has 0 fully saturated rings. The van der Waals surface area contributed by atoms with Gasteiger partial charge in [-0.15, -0.1) is 0 Å². The highest BCUT2D eigenvalue weighted by Gasteiger charge is 2.09. The van der Waals surface area contributed by atoms with E-state index in [1.165, 1.54) is 12.1 Å². The van der Waals surface area contributed by atoms with Crippen molar-refractivity contribution in [1.29, 1.82) is 0 Å². The molecular formula is C16H18FN3O. The molecule has 110 valence electrons. The smallest absolute Gasteiger partial charge is 0.228 e. The molecule has 0 saturated carbocycles. The number of amides is 1. The first-order valence-corrected chi connectivity index (χ1v) is 6.77. The van der Waals surface area contributed by atoms with E-state index in [1.54, 1.807) is 18.2 Å². The maximum atomic E-state index is 13.2. The third-order valence-electron chi connectivity index (χ3n) is 2.97. The molecule has 1 heterocycles. The molecule has 2 N–H and O–H groups in total. The van der Waals surface area contributed by atoms with Gasteiger partial charge in [-0.3, -0.25) is 4.79 Å². The van der Waals surface area contributed by atoms with Gasteiger partial charge in [-0.1, -0.05) is 19.9 Å². The van der Waals surface area contributed by atoms with Gasteiger partial charge in [0, 0.05) is 11.6 Å². The number of nitrogens with one attached hydrogen (secondary N) is 2. The minimum Gasteiger partial charge on any atom is -0.354 e. The van der Waals surface area contributed by atoms with Crippen molar-refractivity contribution in [3.63, 3.8) is 0 Å². The zero-order chi connectivity index (χ0) is 15.4. The normalized spacial score (nSPS) is 10.5. The molecule has 1 aromatic heterocycles. The van der Waals surface area contributed by atoms with E-state index in [2.05, 4.69) is 15.6 Å². The standard InChI is InChI=1S/C16H18FN3O/c1-10(2)16(21)20-15-8-7-14(11(3)18-15)19-13-6-4-5-12(17)9-13/h4-10,19H,1-3H3,(H,18,20,21). The summed E-state index contributed by atoms with van der Waals surface area (Å²) >= 11 is 0. The summed E-state index contributed by atoms with van der Waals surface area (Å²) in [6.45, 7) is 5.47. The zero-order valence-electron chi connectivity index (χ0n) is 12.3. The van der Waals surface area contributed by atoms with Gasteiger partial charge in [-0.2, -0.15) is 0 Å². The number of aryl methyl sites for hydroxylation is 1. The Labute approximate surface area is 123 Å². The number of hydrogen-bond donors (Lipinski definition) is 2. The molecule has 1 amide bonds. The van der Waals surface area contributed by atoms with Gasteiger partial charge in [0.25, 0.3) is 0 Å². The van der Waals surface area contributed by atoms with Crippen LogP contribution in [0.1, 0.15) is 19.5 Å². The van der Waals surface area contributed by atoms with Crippen LogP contribution in [0.3, 0.4) is 0 Å². The molecule has 1 aromatic carbocycles. The van der Waals surface area contributed by atoms with E-state index in [-0.39, 0.29) is 17.6 Å². The van der Waals surface area contributed by atoms with E-state index in [4.69, 9.17) is 0 Å². The molecule has 0 aliphatic carbocycles. The number of carbonyl (C=O) groups is 1. The summed E-state index contributed by atoms with van der Waals surface area (Å²) in [4.78, 5) is 16.0. The number of aromatic nitrogens is 1. The third-order valence-corrected chi connectivity index (χ3v) is 2.97. The summed E-state index contributed by atoms with van der Waals surface area (Å²) in [6, 6.07) is 9.74. The van der Waals surface area contributed by atoms with Gasteiger partial charge in [0.05, 0.1) is 11.4 Å². The number of carbonyl (C=O) groups excluding carboxylic acids is 1. The van der Waals surface area contributed by atoms with Gasteiger partial charge in [-0.05, 0) is 37.3 Å². The third kappa shape index (κ3) is 4.02. The predicted octanol–water partition coefficient (Wildman–Crippen LogP) is 3.87. The number of hydrogen-bond acceptors (Lipinski definition) is 3. The molecule has 0 spiro atoms. The Morgan fingerprint density at radius 1 is 1.24 bits per heavy atom. The summed E-state index contributed by atoms with van der Waals surface area (Å²) in [5.74, 6) is 0.0346. The molecule has 4 nitrogen and oxygen atoms in total. The molecule has 0 saturated heterocycles. The van der Waals surface area contributed by atoms with Gasteiger partial charge in [0.2, 0.25) is 5.91 Å². The maximum absolute atomic E-state index is 13.2. The quantitative estimate of drug-likeness (QED) is 0.897. The lowest BCUT2D eigenvalue weighted by molar-refractivity contribution is -0.118. The highest BCUT2D eigenvalue weighted by Crippen LogP contribution is 2.21. The second-order valence-corrected chi connectivity index (χ2v) is 5.11. The van der Waals surface area contributed by atoms with Gasteiger partial charge < -0.3 is 10.6 Å². The van der Waals surface area contributed by atoms with Crippen molar-refractivity contribution >= 4 is 23.1 Å². The summed E-state index contributed by atoms with van der Waals surface area (Å²) in [5, 5.41) is 5.85. The number of benzene rings is 1. The minimum absolute atomic E-state index is 0.0762. The van der Waals surface area contributed by atoms with E-state index >= 15 is 0 Å². The topological polar surface area (TPSA) is 54.0 Å². The van der Waals surface area contributed by atoms with Crippen LogP contribution in [0, 0.1) is 18.7 Å². The number of nitrogens with zero attached hydrogens (tertiary/aromatic N) is 1. The molecule has 5 heteroatoms. The lowest BCUT2D eigenvalue weighted by Crippen LogP contribution is -2.18. The summed E-state index contributed by atoms with van der Waals surface area (Å²) in [6.07, 6.45) is 0. The Hall–Kier alpha value is -2.43. The predicted molar refractivity (Wildman–Crippen MR) is 82.1 cm³/mol. The van der Waals surface area contributed by atoms with E-state index in [0.717, 1.165) is 11.4 Å². The fourth-order valence-corrected chi connectivity index (χ4v) is 1.76. The van der Waals surface area contributed by atoms with Crippen LogP contribution in [0.2, 0.25) is 0 Å². The first-order valence-electron chi connectivity index (χ1n) is 6.77. The minimum atomic E-state index is -0.300. The molecule has 0 unspecified atom stereocenters. The largest absolute Gasteiger partial charge is 0.354 e. The molecule has 21 heavy (non-hydrogen) atoms. The summed E-state index contributed by atoms with van der Waals surface area (Å²) in [7, 11) is 0. The monoisotopic (exact) mass is 287 g/mol. The van der Waals surface area contributed by atoms with Crippen LogP contribution in [-0.2, 0) is 4.79 Å². The fourth-order valence-electron chi connectivity index (χ4n) is 1.76. The first kappa shape index (κ1) is 15.0. The zero-order valence-corrected chi connectivity index (χ0v) is 12.3. The molecular weight excluding hydrogens is 269 g/mol.